The van der Waals surface area contributed by atoms with Gasteiger partial charge in [-0.2, -0.15) is 0 Å². The fourth-order valence-corrected chi connectivity index (χ4v) is 1.52. The zero-order valence-corrected chi connectivity index (χ0v) is 10.00. The maximum atomic E-state index is 12.8. The van der Waals surface area contributed by atoms with E-state index in [0.29, 0.717) is 5.56 Å². The Morgan fingerprint density at radius 1 is 1.33 bits per heavy atom. The number of rotatable bonds is 4. The summed E-state index contributed by atoms with van der Waals surface area (Å²) in [6.45, 7) is 3.97. The molecular formula is C12H13F2NO3. The molecule has 1 aromatic rings. The molecule has 98 valence electrons. The molecule has 0 saturated carbocycles. The average molecular weight is 257 g/mol. The second kappa shape index (κ2) is 4.53. The highest BCUT2D eigenvalue weighted by Gasteiger charge is 2.43. The number of ketones is 1. The number of hydrogen-bond donors (Lipinski definition) is 1. The first kappa shape index (κ1) is 12.8. The number of nitrogens with one attached hydrogen (secondary N) is 1. The molecule has 1 N–H and O–H groups in total. The minimum atomic E-state index is -3.65. The van der Waals surface area contributed by atoms with Crippen molar-refractivity contribution in [3.8, 4) is 11.5 Å². The molecule has 1 aliphatic rings. The summed E-state index contributed by atoms with van der Waals surface area (Å²) in [6.07, 6.45) is -3.65. The third-order valence-corrected chi connectivity index (χ3v) is 2.39. The van der Waals surface area contributed by atoms with Gasteiger partial charge in [-0.1, -0.05) is 13.8 Å². The van der Waals surface area contributed by atoms with Gasteiger partial charge in [0.25, 0.3) is 0 Å². The van der Waals surface area contributed by atoms with Gasteiger partial charge in [-0.15, -0.1) is 8.78 Å². The molecule has 0 fully saturated rings. The number of fused-ring (bicyclic) bond motifs is 1. The molecule has 0 bridgehead atoms. The van der Waals surface area contributed by atoms with Crippen LogP contribution in [0.3, 0.4) is 0 Å². The predicted molar refractivity (Wildman–Crippen MR) is 60.1 cm³/mol. The minimum absolute atomic E-state index is 0.0617. The smallest absolute Gasteiger partial charge is 0.395 e. The summed E-state index contributed by atoms with van der Waals surface area (Å²) in [7, 11) is 0. The molecule has 4 nitrogen and oxygen atoms in total. The van der Waals surface area contributed by atoms with E-state index in [-0.39, 0.29) is 29.9 Å². The lowest BCUT2D eigenvalue weighted by Crippen LogP contribution is -2.29. The lowest BCUT2D eigenvalue weighted by Gasteiger charge is -2.07. The molecule has 0 unspecified atom stereocenters. The van der Waals surface area contributed by atoms with Gasteiger partial charge in [-0.25, -0.2) is 0 Å². The second-order valence-electron chi connectivity index (χ2n) is 4.29. The first-order valence-corrected chi connectivity index (χ1v) is 5.54. The molecular weight excluding hydrogens is 244 g/mol. The van der Waals surface area contributed by atoms with Crippen LogP contribution in [0, 0.1) is 0 Å². The molecule has 0 radical (unpaired) electrons. The Kier molecular flexibility index (Phi) is 3.21. The lowest BCUT2D eigenvalue weighted by atomic mass is 10.1. The van der Waals surface area contributed by atoms with Gasteiger partial charge < -0.3 is 14.8 Å². The Morgan fingerprint density at radius 3 is 2.67 bits per heavy atom. The molecule has 1 aromatic carbocycles. The molecule has 0 aromatic heterocycles. The highest BCUT2D eigenvalue weighted by Crippen LogP contribution is 2.41. The minimum Gasteiger partial charge on any atom is -0.395 e. The van der Waals surface area contributed by atoms with Gasteiger partial charge in [-0.05, 0) is 18.2 Å². The van der Waals surface area contributed by atoms with E-state index in [9.17, 15) is 13.6 Å². The monoisotopic (exact) mass is 257 g/mol. The van der Waals surface area contributed by atoms with Gasteiger partial charge in [0.1, 0.15) is 0 Å². The summed E-state index contributed by atoms with van der Waals surface area (Å²) in [4.78, 5) is 11.8. The summed E-state index contributed by atoms with van der Waals surface area (Å²) in [5.41, 5.74) is 0.309. The van der Waals surface area contributed by atoms with Crippen molar-refractivity contribution in [3.05, 3.63) is 23.8 Å². The Hall–Kier alpha value is -1.69. The summed E-state index contributed by atoms with van der Waals surface area (Å²) < 4.78 is 34.1. The van der Waals surface area contributed by atoms with Crippen LogP contribution < -0.4 is 14.8 Å². The summed E-state index contributed by atoms with van der Waals surface area (Å²) in [5.74, 6) is -0.367. The highest BCUT2D eigenvalue weighted by molar-refractivity contribution is 5.98. The molecule has 6 heteroatoms. The van der Waals surface area contributed by atoms with Crippen LogP contribution in [0.2, 0.25) is 0 Å². The van der Waals surface area contributed by atoms with Crippen molar-refractivity contribution in [2.75, 3.05) is 6.54 Å². The van der Waals surface area contributed by atoms with E-state index < -0.39 is 6.29 Å². The predicted octanol–water partition coefficient (Wildman–Crippen LogP) is 2.19. The van der Waals surface area contributed by atoms with E-state index in [0.717, 1.165) is 0 Å². The van der Waals surface area contributed by atoms with Crippen LogP contribution in [0.25, 0.3) is 0 Å². The third-order valence-electron chi connectivity index (χ3n) is 2.39. The lowest BCUT2D eigenvalue weighted by molar-refractivity contribution is -0.286. The molecule has 1 heterocycles. The van der Waals surface area contributed by atoms with Crippen LogP contribution in [0.1, 0.15) is 24.2 Å². The Bertz CT molecular complexity index is 474. The van der Waals surface area contributed by atoms with E-state index in [1.807, 2.05) is 13.8 Å². The van der Waals surface area contributed by atoms with E-state index in [1.54, 1.807) is 0 Å². The molecule has 18 heavy (non-hydrogen) atoms. The number of hydrogen-bond acceptors (Lipinski definition) is 4. The Labute approximate surface area is 103 Å². The number of halogens is 2. The van der Waals surface area contributed by atoms with Crippen LogP contribution in [-0.4, -0.2) is 24.7 Å². The quantitative estimate of drug-likeness (QED) is 0.840. The highest BCUT2D eigenvalue weighted by atomic mass is 19.3. The topological polar surface area (TPSA) is 47.6 Å². The van der Waals surface area contributed by atoms with Gasteiger partial charge in [0, 0.05) is 11.6 Å². The molecule has 0 amide bonds. The molecule has 0 atom stereocenters. The molecule has 2 rings (SSSR count). The van der Waals surface area contributed by atoms with E-state index in [1.165, 1.54) is 18.2 Å². The van der Waals surface area contributed by atoms with Crippen molar-refractivity contribution in [2.24, 2.45) is 0 Å². The average Bonchev–Trinajstić information content (AvgIpc) is 2.58. The van der Waals surface area contributed by atoms with Crippen molar-refractivity contribution in [2.45, 2.75) is 26.2 Å². The number of alkyl halides is 2. The van der Waals surface area contributed by atoms with Gasteiger partial charge in [0.05, 0.1) is 6.54 Å². The second-order valence-corrected chi connectivity index (χ2v) is 4.29. The fourth-order valence-electron chi connectivity index (χ4n) is 1.52. The number of carbonyl (C=O) groups is 1. The van der Waals surface area contributed by atoms with E-state index in [2.05, 4.69) is 14.8 Å². The van der Waals surface area contributed by atoms with E-state index >= 15 is 0 Å². The van der Waals surface area contributed by atoms with Gasteiger partial charge in [0.2, 0.25) is 0 Å². The standard InChI is InChI=1S/C12H13F2NO3/c1-7(2)15-6-9(16)8-3-4-10-11(5-8)18-12(13,14)17-10/h3-5,7,15H,6H2,1-2H3. The SMILES string of the molecule is CC(C)NCC(=O)c1ccc2c(c1)OC(F)(F)O2. The summed E-state index contributed by atoms with van der Waals surface area (Å²) in [5, 5.41) is 2.96. The number of ether oxygens (including phenoxy) is 2. The van der Waals surface area contributed by atoms with Crippen LogP contribution >= 0.6 is 0 Å². The molecule has 0 aliphatic carbocycles. The first-order valence-electron chi connectivity index (χ1n) is 5.54. The van der Waals surface area contributed by atoms with Gasteiger partial charge in [0.15, 0.2) is 17.3 Å². The zero-order chi connectivity index (χ0) is 13.3. The maximum absolute atomic E-state index is 12.8. The zero-order valence-electron chi connectivity index (χ0n) is 10.00. The van der Waals surface area contributed by atoms with Crippen LogP contribution in [0.5, 0.6) is 11.5 Å². The molecule has 1 aliphatic heterocycles. The van der Waals surface area contributed by atoms with Gasteiger partial charge >= 0.3 is 6.29 Å². The van der Waals surface area contributed by atoms with Crippen molar-refractivity contribution in [1.29, 1.82) is 0 Å². The number of carbonyl (C=O) groups excluding carboxylic acids is 1. The van der Waals surface area contributed by atoms with Crippen molar-refractivity contribution >= 4 is 5.78 Å². The Morgan fingerprint density at radius 2 is 2.00 bits per heavy atom. The largest absolute Gasteiger partial charge is 0.586 e. The van der Waals surface area contributed by atoms with Crippen LogP contribution in [0.15, 0.2) is 18.2 Å². The normalized spacial score (nSPS) is 16.1. The third kappa shape index (κ3) is 2.76. The Balaban J connectivity index is 2.11. The number of Topliss-reactive ketones (excluding diaryl/α,β-unsaturated/α-hetero) is 1. The number of benzene rings is 1. The van der Waals surface area contributed by atoms with Crippen molar-refractivity contribution < 1.29 is 23.0 Å². The fraction of sp³-hybridized carbons (Fsp3) is 0.417. The molecule has 0 saturated heterocycles. The summed E-state index contributed by atoms with van der Waals surface area (Å²) >= 11 is 0. The van der Waals surface area contributed by atoms with E-state index in [4.69, 9.17) is 0 Å². The van der Waals surface area contributed by atoms with Crippen molar-refractivity contribution in [3.63, 3.8) is 0 Å². The van der Waals surface area contributed by atoms with Gasteiger partial charge in [-0.3, -0.25) is 4.79 Å². The molecule has 0 spiro atoms. The summed E-state index contributed by atoms with van der Waals surface area (Å²) in [6, 6.07) is 4.18. The first-order chi connectivity index (χ1) is 8.37. The maximum Gasteiger partial charge on any atom is 0.586 e. The van der Waals surface area contributed by atoms with Crippen LogP contribution in [0.4, 0.5) is 8.78 Å². The van der Waals surface area contributed by atoms with Crippen LogP contribution in [-0.2, 0) is 0 Å². The van der Waals surface area contributed by atoms with Crippen molar-refractivity contribution in [1.82, 2.24) is 5.32 Å².